The molecule has 1 amide bonds. The van der Waals surface area contributed by atoms with E-state index >= 15 is 0 Å². The van der Waals surface area contributed by atoms with Gasteiger partial charge in [-0.3, -0.25) is 14.2 Å². The minimum Gasteiger partial charge on any atom is -0.432 e. The van der Waals surface area contributed by atoms with Crippen LogP contribution in [0.5, 0.6) is 0 Å². The van der Waals surface area contributed by atoms with Gasteiger partial charge < -0.3 is 15.3 Å². The Balaban J connectivity index is 1.55. The molecule has 11 heteroatoms. The maximum Gasteiger partial charge on any atom is 0.284 e. The molecule has 0 aliphatic rings. The quantitative estimate of drug-likeness (QED) is 0.466. The van der Waals surface area contributed by atoms with E-state index in [0.717, 1.165) is 11.1 Å². The number of rotatable bonds is 6. The molecule has 0 spiro atoms. The van der Waals surface area contributed by atoms with Gasteiger partial charge in [0.1, 0.15) is 17.8 Å². The zero-order valence-corrected chi connectivity index (χ0v) is 16.3. The van der Waals surface area contributed by atoms with E-state index in [2.05, 4.69) is 20.4 Å². The van der Waals surface area contributed by atoms with E-state index in [-0.39, 0.29) is 35.8 Å². The molecule has 4 rings (SSSR count). The minimum absolute atomic E-state index is 0.0128. The first-order chi connectivity index (χ1) is 14.3. The van der Waals surface area contributed by atoms with E-state index in [1.165, 1.54) is 15.7 Å². The van der Waals surface area contributed by atoms with Gasteiger partial charge in [-0.2, -0.15) is 4.80 Å². The number of tetrazole rings is 1. The highest BCUT2D eigenvalue weighted by Crippen LogP contribution is 2.20. The van der Waals surface area contributed by atoms with E-state index < -0.39 is 17.6 Å². The number of hydrogen-bond donors (Lipinski definition) is 2. The van der Waals surface area contributed by atoms with Crippen molar-refractivity contribution in [3.8, 4) is 0 Å². The van der Waals surface area contributed by atoms with Gasteiger partial charge in [0.05, 0.1) is 13.1 Å². The second-order valence-electron chi connectivity index (χ2n) is 6.97. The molecule has 4 aromatic rings. The molecular formula is C19H19N7O4. The summed E-state index contributed by atoms with van der Waals surface area (Å²) in [6.45, 7) is 3.67. The highest BCUT2D eigenvalue weighted by molar-refractivity contribution is 5.96. The van der Waals surface area contributed by atoms with Crippen LogP contribution in [0.1, 0.15) is 39.2 Å². The van der Waals surface area contributed by atoms with E-state index in [0.29, 0.717) is 5.56 Å². The number of carbonyl (C=O) groups is 1. The highest BCUT2D eigenvalue weighted by atomic mass is 16.4. The Morgan fingerprint density at radius 2 is 2.00 bits per heavy atom. The second-order valence-corrected chi connectivity index (χ2v) is 6.97. The number of aryl methyl sites for hydroxylation is 2. The zero-order valence-electron chi connectivity index (χ0n) is 16.3. The van der Waals surface area contributed by atoms with E-state index in [9.17, 15) is 14.7 Å². The molecular weight excluding hydrogens is 390 g/mol. The lowest BCUT2D eigenvalue weighted by Crippen LogP contribution is -2.22. The normalized spacial score (nSPS) is 12.4. The number of nitrogens with zero attached hydrogens (tertiary/aromatic N) is 6. The topological polar surface area (TPSA) is 155 Å². The van der Waals surface area contributed by atoms with Crippen LogP contribution in [-0.4, -0.2) is 40.8 Å². The number of furan rings is 1. The summed E-state index contributed by atoms with van der Waals surface area (Å²) in [5, 5.41) is 22.6. The lowest BCUT2D eigenvalue weighted by atomic mass is 10.1. The highest BCUT2D eigenvalue weighted by Gasteiger charge is 2.20. The van der Waals surface area contributed by atoms with Crippen LogP contribution in [0, 0.1) is 13.8 Å². The van der Waals surface area contributed by atoms with Crippen molar-refractivity contribution >= 4 is 17.0 Å². The lowest BCUT2D eigenvalue weighted by Gasteiger charge is -2.09. The number of hydrogen-bond acceptors (Lipinski definition) is 8. The van der Waals surface area contributed by atoms with Gasteiger partial charge in [-0.05, 0) is 24.6 Å². The van der Waals surface area contributed by atoms with Crippen LogP contribution < -0.4 is 11.3 Å². The number of aliphatic hydroxyl groups is 1. The molecule has 3 aromatic heterocycles. The van der Waals surface area contributed by atoms with Crippen LogP contribution >= 0.6 is 0 Å². The number of aromatic nitrogens is 6. The molecule has 0 saturated heterocycles. The Morgan fingerprint density at radius 1 is 1.27 bits per heavy atom. The summed E-state index contributed by atoms with van der Waals surface area (Å²) in [5.41, 5.74) is 7.06. The number of amides is 1. The Bertz CT molecular complexity index is 1290. The fourth-order valence-corrected chi connectivity index (χ4v) is 3.12. The molecule has 0 aliphatic carbocycles. The van der Waals surface area contributed by atoms with E-state index in [4.69, 9.17) is 10.2 Å². The monoisotopic (exact) mass is 409 g/mol. The molecule has 30 heavy (non-hydrogen) atoms. The predicted octanol–water partition coefficient (Wildman–Crippen LogP) is 0.474. The van der Waals surface area contributed by atoms with Crippen LogP contribution in [0.2, 0.25) is 0 Å². The average Bonchev–Trinajstić information content (AvgIpc) is 3.29. The van der Waals surface area contributed by atoms with Crippen molar-refractivity contribution in [2.45, 2.75) is 33.0 Å². The Morgan fingerprint density at radius 3 is 2.70 bits per heavy atom. The summed E-state index contributed by atoms with van der Waals surface area (Å²) in [6.07, 6.45) is 0.481. The third-order valence-electron chi connectivity index (χ3n) is 4.75. The molecule has 0 bridgehead atoms. The molecule has 0 aliphatic heterocycles. The Kier molecular flexibility index (Phi) is 4.88. The first-order valence-electron chi connectivity index (χ1n) is 9.13. The summed E-state index contributed by atoms with van der Waals surface area (Å²) < 4.78 is 6.55. The number of carbonyl (C=O) groups excluding carboxylic acids is 1. The maximum absolute atomic E-state index is 12.8. The number of benzene rings is 1. The number of aliphatic hydroxyl groups excluding tert-OH is 1. The second kappa shape index (κ2) is 7.52. The van der Waals surface area contributed by atoms with Crippen LogP contribution in [0.4, 0.5) is 0 Å². The summed E-state index contributed by atoms with van der Waals surface area (Å²) in [4.78, 5) is 29.5. The molecule has 0 fully saturated rings. The van der Waals surface area contributed by atoms with Gasteiger partial charge in [0.2, 0.25) is 5.71 Å². The first-order valence-corrected chi connectivity index (χ1v) is 9.13. The lowest BCUT2D eigenvalue weighted by molar-refractivity contribution is 0.0975. The summed E-state index contributed by atoms with van der Waals surface area (Å²) in [7, 11) is 0. The third-order valence-corrected chi connectivity index (χ3v) is 4.75. The maximum atomic E-state index is 12.8. The number of fused-ring (bicyclic) bond motifs is 1. The van der Waals surface area contributed by atoms with Gasteiger partial charge in [-0.15, -0.1) is 10.2 Å². The standard InChI is InChI=1S/C19H19N7O4/c1-10-3-5-12(6-4-10)13(27)7-26-23-14(22-24-26)8-25-9-21-18-15(19(25)29)11(2)16(30-18)17(20)28/h3-6,9,13,27H,7-8H2,1-2H3,(H2,20,28)/t13-/m0/s1. The van der Waals surface area contributed by atoms with Gasteiger partial charge in [-0.1, -0.05) is 29.8 Å². The third kappa shape index (κ3) is 3.57. The van der Waals surface area contributed by atoms with Crippen molar-refractivity contribution < 1.29 is 14.3 Å². The summed E-state index contributed by atoms with van der Waals surface area (Å²) >= 11 is 0. The summed E-state index contributed by atoms with van der Waals surface area (Å²) in [6, 6.07) is 7.50. The average molecular weight is 409 g/mol. The van der Waals surface area contributed by atoms with Crippen molar-refractivity contribution in [1.29, 1.82) is 0 Å². The van der Waals surface area contributed by atoms with E-state index in [1.54, 1.807) is 6.92 Å². The molecule has 11 nitrogen and oxygen atoms in total. The number of nitrogens with two attached hydrogens (primary N) is 1. The number of primary amides is 1. The molecule has 0 saturated carbocycles. The van der Waals surface area contributed by atoms with Crippen LogP contribution in [-0.2, 0) is 13.1 Å². The fraction of sp³-hybridized carbons (Fsp3) is 0.263. The Hall–Kier alpha value is -3.86. The van der Waals surface area contributed by atoms with Gasteiger partial charge in [0.15, 0.2) is 11.6 Å². The van der Waals surface area contributed by atoms with Gasteiger partial charge in [-0.25, -0.2) is 4.98 Å². The molecule has 1 atom stereocenters. The zero-order chi connectivity index (χ0) is 21.4. The van der Waals surface area contributed by atoms with Crippen LogP contribution in [0.15, 0.2) is 39.8 Å². The molecule has 1 aromatic carbocycles. The minimum atomic E-state index is -0.797. The predicted molar refractivity (Wildman–Crippen MR) is 105 cm³/mol. The largest absolute Gasteiger partial charge is 0.432 e. The molecule has 0 unspecified atom stereocenters. The fourth-order valence-electron chi connectivity index (χ4n) is 3.12. The van der Waals surface area contributed by atoms with Gasteiger partial charge in [0, 0.05) is 5.56 Å². The van der Waals surface area contributed by atoms with Crippen molar-refractivity contribution in [3.63, 3.8) is 0 Å². The molecule has 154 valence electrons. The van der Waals surface area contributed by atoms with Gasteiger partial charge in [0.25, 0.3) is 11.5 Å². The smallest absolute Gasteiger partial charge is 0.284 e. The van der Waals surface area contributed by atoms with Crippen molar-refractivity contribution in [2.24, 2.45) is 5.73 Å². The van der Waals surface area contributed by atoms with Crippen LogP contribution in [0.3, 0.4) is 0 Å². The van der Waals surface area contributed by atoms with Crippen molar-refractivity contribution in [3.05, 3.63) is 69.2 Å². The Labute approximate surface area is 169 Å². The first kappa shape index (κ1) is 19.5. The van der Waals surface area contributed by atoms with Crippen LogP contribution in [0.25, 0.3) is 11.1 Å². The molecule has 3 N–H and O–H groups in total. The van der Waals surface area contributed by atoms with Crippen molar-refractivity contribution in [2.75, 3.05) is 0 Å². The van der Waals surface area contributed by atoms with E-state index in [1.807, 2.05) is 31.2 Å². The SMILES string of the molecule is Cc1ccc([C@@H](O)Cn2nnc(Cn3cnc4oc(C(N)=O)c(C)c4c3=O)n2)cc1. The summed E-state index contributed by atoms with van der Waals surface area (Å²) in [5.74, 6) is -0.597. The molecule has 0 radical (unpaired) electrons. The van der Waals surface area contributed by atoms with Crippen molar-refractivity contribution in [1.82, 2.24) is 29.8 Å². The van der Waals surface area contributed by atoms with Gasteiger partial charge >= 0.3 is 0 Å². The molecule has 3 heterocycles.